The molecule has 0 amide bonds. The minimum atomic E-state index is -0.509. The van der Waals surface area contributed by atoms with Gasteiger partial charge in [-0.05, 0) is 53.6 Å². The van der Waals surface area contributed by atoms with E-state index in [1.165, 1.54) is 9.13 Å². The highest BCUT2D eigenvalue weighted by atomic mass is 127. The van der Waals surface area contributed by atoms with Crippen molar-refractivity contribution in [3.63, 3.8) is 0 Å². The van der Waals surface area contributed by atoms with Crippen LogP contribution in [-0.2, 0) is 6.42 Å². The van der Waals surface area contributed by atoms with Crippen molar-refractivity contribution in [3.05, 3.63) is 33.4 Å². The van der Waals surface area contributed by atoms with Crippen LogP contribution in [0.25, 0.3) is 0 Å². The minimum Gasteiger partial charge on any atom is -0.394 e. The summed E-state index contributed by atoms with van der Waals surface area (Å²) >= 11 is 2.27. The van der Waals surface area contributed by atoms with Crippen LogP contribution in [0.1, 0.15) is 12.5 Å². The lowest BCUT2D eigenvalue weighted by Gasteiger charge is -2.21. The van der Waals surface area contributed by atoms with Gasteiger partial charge in [0, 0.05) is 9.11 Å². The average molecular weight is 291 g/mol. The molecule has 0 spiro atoms. The van der Waals surface area contributed by atoms with E-state index in [4.69, 9.17) is 10.8 Å². The number of aliphatic hydroxyl groups excluding tert-OH is 1. The van der Waals surface area contributed by atoms with E-state index in [9.17, 15) is 0 Å². The van der Waals surface area contributed by atoms with Crippen LogP contribution in [0.3, 0.4) is 0 Å². The predicted octanol–water partition coefficient (Wildman–Crippen LogP) is 1.54. The van der Waals surface area contributed by atoms with Gasteiger partial charge in [-0.3, -0.25) is 0 Å². The van der Waals surface area contributed by atoms with Crippen molar-refractivity contribution in [3.8, 4) is 0 Å². The molecule has 13 heavy (non-hydrogen) atoms. The highest BCUT2D eigenvalue weighted by Gasteiger charge is 2.17. The van der Waals surface area contributed by atoms with Crippen LogP contribution in [0.15, 0.2) is 24.3 Å². The molecule has 2 nitrogen and oxygen atoms in total. The molecule has 3 N–H and O–H groups in total. The van der Waals surface area contributed by atoms with Gasteiger partial charge in [-0.1, -0.05) is 12.1 Å². The van der Waals surface area contributed by atoms with Crippen LogP contribution in [0.5, 0.6) is 0 Å². The van der Waals surface area contributed by atoms with E-state index in [0.29, 0.717) is 6.42 Å². The van der Waals surface area contributed by atoms with E-state index in [0.717, 1.165) is 0 Å². The number of hydrogen-bond donors (Lipinski definition) is 2. The Morgan fingerprint density at radius 1 is 1.54 bits per heavy atom. The molecule has 1 rings (SSSR count). The lowest BCUT2D eigenvalue weighted by atomic mass is 9.95. The molecule has 0 aliphatic heterocycles. The lowest BCUT2D eigenvalue weighted by Crippen LogP contribution is -2.42. The summed E-state index contributed by atoms with van der Waals surface area (Å²) in [5, 5.41) is 9.00. The normalized spacial score (nSPS) is 15.4. The summed E-state index contributed by atoms with van der Waals surface area (Å²) in [5.74, 6) is 0. The molecule has 3 heteroatoms. The van der Waals surface area contributed by atoms with E-state index in [2.05, 4.69) is 28.7 Å². The van der Waals surface area contributed by atoms with Gasteiger partial charge >= 0.3 is 0 Å². The molecule has 0 saturated heterocycles. The van der Waals surface area contributed by atoms with E-state index < -0.39 is 5.54 Å². The Hall–Kier alpha value is -0.130. The molecule has 0 aliphatic rings. The van der Waals surface area contributed by atoms with Gasteiger partial charge in [0.05, 0.1) is 6.61 Å². The van der Waals surface area contributed by atoms with Gasteiger partial charge in [0.15, 0.2) is 0 Å². The molecule has 0 fully saturated rings. The third-order valence-electron chi connectivity index (χ3n) is 1.86. The van der Waals surface area contributed by atoms with Crippen LogP contribution >= 0.6 is 22.6 Å². The Morgan fingerprint density at radius 3 is 2.77 bits per heavy atom. The van der Waals surface area contributed by atoms with E-state index in [-0.39, 0.29) is 6.61 Å². The average Bonchev–Trinajstić information content (AvgIpc) is 2.03. The number of halogens is 1. The summed E-state index contributed by atoms with van der Waals surface area (Å²) in [5.41, 5.74) is 6.51. The van der Waals surface area contributed by atoms with Crippen molar-refractivity contribution in [1.82, 2.24) is 0 Å². The summed E-state index contributed by atoms with van der Waals surface area (Å²) in [7, 11) is 0. The van der Waals surface area contributed by atoms with Gasteiger partial charge in [-0.25, -0.2) is 0 Å². The highest BCUT2D eigenvalue weighted by molar-refractivity contribution is 14.1. The van der Waals surface area contributed by atoms with Crippen molar-refractivity contribution >= 4 is 22.6 Å². The zero-order valence-electron chi connectivity index (χ0n) is 7.63. The Labute approximate surface area is 92.3 Å². The van der Waals surface area contributed by atoms with Gasteiger partial charge in [-0.2, -0.15) is 0 Å². The van der Waals surface area contributed by atoms with E-state index >= 15 is 0 Å². The van der Waals surface area contributed by atoms with Crippen molar-refractivity contribution in [1.29, 1.82) is 0 Å². The fraction of sp³-hybridized carbons (Fsp3) is 0.400. The van der Waals surface area contributed by atoms with Crippen molar-refractivity contribution < 1.29 is 5.11 Å². The zero-order chi connectivity index (χ0) is 9.90. The van der Waals surface area contributed by atoms with Crippen LogP contribution in [0, 0.1) is 3.57 Å². The third-order valence-corrected chi connectivity index (χ3v) is 2.53. The fourth-order valence-electron chi connectivity index (χ4n) is 1.17. The number of aliphatic hydroxyl groups is 1. The molecule has 0 radical (unpaired) electrons. The van der Waals surface area contributed by atoms with Crippen LogP contribution < -0.4 is 5.73 Å². The standard InChI is InChI=1S/C10H14INO/c1-10(12,7-13)6-8-3-2-4-9(11)5-8/h2-5,13H,6-7,12H2,1H3. The maximum absolute atomic E-state index is 9.00. The Balaban J connectivity index is 2.74. The molecule has 0 heterocycles. The number of benzene rings is 1. The largest absolute Gasteiger partial charge is 0.394 e. The molecule has 1 aromatic rings. The predicted molar refractivity (Wildman–Crippen MR) is 62.5 cm³/mol. The van der Waals surface area contributed by atoms with Crippen molar-refractivity contribution in [2.45, 2.75) is 18.9 Å². The van der Waals surface area contributed by atoms with Gasteiger partial charge in [-0.15, -0.1) is 0 Å². The molecule has 1 aromatic carbocycles. The fourth-order valence-corrected chi connectivity index (χ4v) is 1.78. The molecule has 0 saturated carbocycles. The Morgan fingerprint density at radius 2 is 2.23 bits per heavy atom. The number of rotatable bonds is 3. The van der Waals surface area contributed by atoms with Crippen molar-refractivity contribution in [2.75, 3.05) is 6.61 Å². The minimum absolute atomic E-state index is 0.0124. The maximum Gasteiger partial charge on any atom is 0.0611 e. The summed E-state index contributed by atoms with van der Waals surface area (Å²) in [6.45, 7) is 1.87. The third kappa shape index (κ3) is 3.62. The number of hydrogen-bond acceptors (Lipinski definition) is 2. The number of nitrogens with two attached hydrogens (primary N) is 1. The first-order valence-corrected chi connectivity index (χ1v) is 5.25. The van der Waals surface area contributed by atoms with Crippen molar-refractivity contribution in [2.24, 2.45) is 5.73 Å². The maximum atomic E-state index is 9.00. The molecule has 1 atom stereocenters. The second-order valence-electron chi connectivity index (χ2n) is 3.62. The molecule has 0 bridgehead atoms. The Bertz CT molecular complexity index is 286. The monoisotopic (exact) mass is 291 g/mol. The van der Waals surface area contributed by atoms with Crippen LogP contribution in [-0.4, -0.2) is 17.3 Å². The molecule has 0 aliphatic carbocycles. The first-order valence-electron chi connectivity index (χ1n) is 4.18. The first kappa shape index (κ1) is 10.9. The molecule has 1 unspecified atom stereocenters. The molecule has 72 valence electrons. The van der Waals surface area contributed by atoms with E-state index in [1.54, 1.807) is 0 Å². The SMILES string of the molecule is CC(N)(CO)Cc1cccc(I)c1. The molecule has 0 aromatic heterocycles. The van der Waals surface area contributed by atoms with Gasteiger partial charge in [0.1, 0.15) is 0 Å². The summed E-state index contributed by atoms with van der Waals surface area (Å²) in [6, 6.07) is 8.16. The lowest BCUT2D eigenvalue weighted by molar-refractivity contribution is 0.208. The molecular formula is C10H14INO. The summed E-state index contributed by atoms with van der Waals surface area (Å²) in [6.07, 6.45) is 0.709. The topological polar surface area (TPSA) is 46.2 Å². The van der Waals surface area contributed by atoms with Gasteiger partial charge < -0.3 is 10.8 Å². The molecular weight excluding hydrogens is 277 g/mol. The highest BCUT2D eigenvalue weighted by Crippen LogP contribution is 2.13. The Kier molecular flexibility index (Phi) is 3.70. The van der Waals surface area contributed by atoms with Gasteiger partial charge in [0.2, 0.25) is 0 Å². The van der Waals surface area contributed by atoms with Crippen LogP contribution in [0.2, 0.25) is 0 Å². The second kappa shape index (κ2) is 4.39. The second-order valence-corrected chi connectivity index (χ2v) is 4.86. The quantitative estimate of drug-likeness (QED) is 0.830. The summed E-state index contributed by atoms with van der Waals surface area (Å²) < 4.78 is 1.20. The first-order chi connectivity index (χ1) is 6.03. The zero-order valence-corrected chi connectivity index (χ0v) is 9.78. The smallest absolute Gasteiger partial charge is 0.0611 e. The summed E-state index contributed by atoms with van der Waals surface area (Å²) in [4.78, 5) is 0. The van der Waals surface area contributed by atoms with Crippen LogP contribution in [0.4, 0.5) is 0 Å². The van der Waals surface area contributed by atoms with Gasteiger partial charge in [0.25, 0.3) is 0 Å². The van der Waals surface area contributed by atoms with E-state index in [1.807, 2.05) is 25.1 Å².